The Hall–Kier alpha value is -1.16. The lowest BCUT2D eigenvalue weighted by atomic mass is 10.1. The van der Waals surface area contributed by atoms with Gasteiger partial charge in [-0.3, -0.25) is 4.79 Å². The third-order valence-electron chi connectivity index (χ3n) is 2.43. The first-order chi connectivity index (χ1) is 7.25. The van der Waals surface area contributed by atoms with Crippen molar-refractivity contribution in [1.82, 2.24) is 9.55 Å². The first-order valence-corrected chi connectivity index (χ1v) is 5.46. The standard InChI is InChI=1S/C11H19N3O/c1-14-9-8-13-11(14)10(15)6-4-2-3-5-7-12/h8-9H,2-7,12H2,1H3. The van der Waals surface area contributed by atoms with Crippen LogP contribution in [0.3, 0.4) is 0 Å². The maximum absolute atomic E-state index is 11.7. The number of aromatic nitrogens is 2. The lowest BCUT2D eigenvalue weighted by Gasteiger charge is -2.01. The second-order valence-electron chi connectivity index (χ2n) is 3.74. The molecular weight excluding hydrogens is 190 g/mol. The van der Waals surface area contributed by atoms with Crippen LogP contribution in [-0.2, 0) is 7.05 Å². The maximum Gasteiger partial charge on any atom is 0.198 e. The first-order valence-electron chi connectivity index (χ1n) is 5.46. The van der Waals surface area contributed by atoms with Crippen molar-refractivity contribution in [2.24, 2.45) is 12.8 Å². The van der Waals surface area contributed by atoms with Crippen LogP contribution in [0.4, 0.5) is 0 Å². The van der Waals surface area contributed by atoms with E-state index < -0.39 is 0 Å². The first kappa shape index (κ1) is 11.9. The predicted molar refractivity (Wildman–Crippen MR) is 59.7 cm³/mol. The quantitative estimate of drug-likeness (QED) is 0.547. The minimum Gasteiger partial charge on any atom is -0.332 e. The summed E-state index contributed by atoms with van der Waals surface area (Å²) in [6, 6.07) is 0. The monoisotopic (exact) mass is 209 g/mol. The van der Waals surface area contributed by atoms with Crippen LogP contribution in [0.25, 0.3) is 0 Å². The normalized spacial score (nSPS) is 10.5. The fraction of sp³-hybridized carbons (Fsp3) is 0.636. The minimum atomic E-state index is 0.134. The Morgan fingerprint density at radius 3 is 2.73 bits per heavy atom. The van der Waals surface area contributed by atoms with E-state index in [1.54, 1.807) is 17.0 Å². The number of hydrogen-bond donors (Lipinski definition) is 1. The molecule has 4 nitrogen and oxygen atoms in total. The van der Waals surface area contributed by atoms with Gasteiger partial charge in [-0.05, 0) is 19.4 Å². The van der Waals surface area contributed by atoms with E-state index in [9.17, 15) is 4.79 Å². The molecule has 1 aromatic heterocycles. The number of carbonyl (C=O) groups is 1. The molecule has 0 bridgehead atoms. The molecular formula is C11H19N3O. The lowest BCUT2D eigenvalue weighted by Crippen LogP contribution is -2.07. The highest BCUT2D eigenvalue weighted by Gasteiger charge is 2.09. The van der Waals surface area contributed by atoms with Gasteiger partial charge in [-0.2, -0.15) is 0 Å². The van der Waals surface area contributed by atoms with Gasteiger partial charge in [0.05, 0.1) is 0 Å². The summed E-state index contributed by atoms with van der Waals surface area (Å²) in [6.45, 7) is 0.743. The molecule has 0 atom stereocenters. The highest BCUT2D eigenvalue weighted by molar-refractivity contribution is 5.92. The van der Waals surface area contributed by atoms with Gasteiger partial charge in [-0.25, -0.2) is 4.98 Å². The average Bonchev–Trinajstić information content (AvgIpc) is 2.64. The van der Waals surface area contributed by atoms with Crippen LogP contribution in [0, 0.1) is 0 Å². The third-order valence-corrected chi connectivity index (χ3v) is 2.43. The van der Waals surface area contributed by atoms with Gasteiger partial charge in [0, 0.05) is 25.9 Å². The van der Waals surface area contributed by atoms with Crippen LogP contribution >= 0.6 is 0 Å². The molecule has 84 valence electrons. The Balaban J connectivity index is 2.22. The summed E-state index contributed by atoms with van der Waals surface area (Å²) in [5.41, 5.74) is 5.39. The Bertz CT molecular complexity index is 307. The Kier molecular flexibility index (Phi) is 5.04. The fourth-order valence-electron chi connectivity index (χ4n) is 1.53. The molecule has 15 heavy (non-hydrogen) atoms. The molecule has 1 aromatic rings. The summed E-state index contributed by atoms with van der Waals surface area (Å²) in [5.74, 6) is 0.698. The summed E-state index contributed by atoms with van der Waals surface area (Å²) in [4.78, 5) is 15.7. The lowest BCUT2D eigenvalue weighted by molar-refractivity contribution is 0.0966. The molecule has 0 saturated heterocycles. The van der Waals surface area contributed by atoms with Crippen molar-refractivity contribution in [1.29, 1.82) is 0 Å². The van der Waals surface area contributed by atoms with E-state index in [2.05, 4.69) is 4.98 Å². The number of carbonyl (C=O) groups excluding carboxylic acids is 1. The average molecular weight is 209 g/mol. The molecule has 0 unspecified atom stereocenters. The molecule has 0 saturated carbocycles. The van der Waals surface area contributed by atoms with E-state index in [1.165, 1.54) is 0 Å². The molecule has 0 aliphatic heterocycles. The number of rotatable bonds is 7. The van der Waals surface area contributed by atoms with Gasteiger partial charge in [0.15, 0.2) is 11.6 Å². The predicted octanol–water partition coefficient (Wildman–Crippen LogP) is 1.51. The molecule has 4 heteroatoms. The minimum absolute atomic E-state index is 0.134. The zero-order chi connectivity index (χ0) is 11.1. The van der Waals surface area contributed by atoms with Gasteiger partial charge >= 0.3 is 0 Å². The van der Waals surface area contributed by atoms with Crippen molar-refractivity contribution < 1.29 is 4.79 Å². The highest BCUT2D eigenvalue weighted by atomic mass is 16.1. The molecule has 0 aliphatic carbocycles. The molecule has 0 radical (unpaired) electrons. The van der Waals surface area contributed by atoms with Gasteiger partial charge in [0.2, 0.25) is 0 Å². The summed E-state index contributed by atoms with van der Waals surface area (Å²) in [6.07, 6.45) is 8.22. The second-order valence-corrected chi connectivity index (χ2v) is 3.74. The van der Waals surface area contributed by atoms with E-state index in [4.69, 9.17) is 5.73 Å². The smallest absolute Gasteiger partial charge is 0.198 e. The number of aryl methyl sites for hydroxylation is 1. The van der Waals surface area contributed by atoms with E-state index in [0.29, 0.717) is 12.2 Å². The van der Waals surface area contributed by atoms with E-state index in [-0.39, 0.29) is 5.78 Å². The van der Waals surface area contributed by atoms with Gasteiger partial charge in [-0.15, -0.1) is 0 Å². The molecule has 1 heterocycles. The van der Waals surface area contributed by atoms with Crippen LogP contribution in [0.2, 0.25) is 0 Å². The number of nitrogens with zero attached hydrogens (tertiary/aromatic N) is 2. The number of unbranched alkanes of at least 4 members (excludes halogenated alkanes) is 3. The zero-order valence-corrected chi connectivity index (χ0v) is 9.28. The molecule has 0 amide bonds. The van der Waals surface area contributed by atoms with Crippen LogP contribution in [0.15, 0.2) is 12.4 Å². The van der Waals surface area contributed by atoms with Crippen molar-refractivity contribution in [3.8, 4) is 0 Å². The molecule has 0 spiro atoms. The summed E-state index contributed by atoms with van der Waals surface area (Å²) < 4.78 is 1.77. The number of nitrogens with two attached hydrogens (primary N) is 1. The van der Waals surface area contributed by atoms with Crippen LogP contribution < -0.4 is 5.73 Å². The fourth-order valence-corrected chi connectivity index (χ4v) is 1.53. The van der Waals surface area contributed by atoms with Gasteiger partial charge in [-0.1, -0.05) is 12.8 Å². The largest absolute Gasteiger partial charge is 0.332 e. The van der Waals surface area contributed by atoms with Crippen molar-refractivity contribution in [3.63, 3.8) is 0 Å². The summed E-state index contributed by atoms with van der Waals surface area (Å²) in [7, 11) is 1.84. The molecule has 0 aliphatic rings. The number of hydrogen-bond acceptors (Lipinski definition) is 3. The Morgan fingerprint density at radius 1 is 1.40 bits per heavy atom. The summed E-state index contributed by atoms with van der Waals surface area (Å²) >= 11 is 0. The van der Waals surface area contributed by atoms with E-state index in [0.717, 1.165) is 32.2 Å². The Labute approximate surface area is 90.5 Å². The zero-order valence-electron chi connectivity index (χ0n) is 9.28. The number of Topliss-reactive ketones (excluding diaryl/α,β-unsaturated/α-hetero) is 1. The van der Waals surface area contributed by atoms with Crippen LogP contribution in [0.5, 0.6) is 0 Å². The van der Waals surface area contributed by atoms with Crippen molar-refractivity contribution in [3.05, 3.63) is 18.2 Å². The molecule has 2 N–H and O–H groups in total. The topological polar surface area (TPSA) is 60.9 Å². The SMILES string of the molecule is Cn1ccnc1C(=O)CCCCCCN. The van der Waals surface area contributed by atoms with Crippen molar-refractivity contribution in [2.45, 2.75) is 32.1 Å². The van der Waals surface area contributed by atoms with Gasteiger partial charge in [0.1, 0.15) is 0 Å². The number of imidazole rings is 1. The van der Waals surface area contributed by atoms with Crippen LogP contribution in [0.1, 0.15) is 42.7 Å². The Morgan fingerprint density at radius 2 is 2.13 bits per heavy atom. The number of ketones is 1. The van der Waals surface area contributed by atoms with E-state index in [1.807, 2.05) is 7.05 Å². The molecule has 0 aromatic carbocycles. The van der Waals surface area contributed by atoms with E-state index >= 15 is 0 Å². The van der Waals surface area contributed by atoms with Crippen LogP contribution in [-0.4, -0.2) is 21.9 Å². The van der Waals surface area contributed by atoms with Gasteiger partial charge < -0.3 is 10.3 Å². The summed E-state index contributed by atoms with van der Waals surface area (Å²) in [5, 5.41) is 0. The highest BCUT2D eigenvalue weighted by Crippen LogP contribution is 2.07. The van der Waals surface area contributed by atoms with Gasteiger partial charge in [0.25, 0.3) is 0 Å². The molecule has 0 fully saturated rings. The second kappa shape index (κ2) is 6.35. The van der Waals surface area contributed by atoms with Crippen molar-refractivity contribution in [2.75, 3.05) is 6.54 Å². The third kappa shape index (κ3) is 3.83. The molecule has 1 rings (SSSR count). The maximum atomic E-state index is 11.7. The van der Waals surface area contributed by atoms with Crippen molar-refractivity contribution >= 4 is 5.78 Å².